The molecule has 28 heavy (non-hydrogen) atoms. The molecule has 8 nitrogen and oxygen atoms in total. The quantitative estimate of drug-likeness (QED) is 0.701. The summed E-state index contributed by atoms with van der Waals surface area (Å²) in [5.74, 6) is -2.31. The zero-order chi connectivity index (χ0) is 21.2. The molecular formula is C16H27F3N2O6S. The van der Waals surface area contributed by atoms with Crippen molar-refractivity contribution in [3.63, 3.8) is 0 Å². The molecule has 2 atom stereocenters. The van der Waals surface area contributed by atoms with Crippen molar-refractivity contribution in [2.45, 2.75) is 36.3 Å². The summed E-state index contributed by atoms with van der Waals surface area (Å²) in [5, 5.41) is 6.96. The van der Waals surface area contributed by atoms with Crippen molar-refractivity contribution in [2.24, 2.45) is 5.92 Å². The summed E-state index contributed by atoms with van der Waals surface area (Å²) in [7, 11) is 0.955. The smallest absolute Gasteiger partial charge is 0.475 e. The van der Waals surface area contributed by atoms with Gasteiger partial charge in [-0.25, -0.2) is 13.2 Å². The Balaban J connectivity index is 0.000000345. The van der Waals surface area contributed by atoms with E-state index in [-0.39, 0.29) is 5.25 Å². The Morgan fingerprint density at radius 3 is 2.43 bits per heavy atom. The van der Waals surface area contributed by atoms with Gasteiger partial charge in [-0.3, -0.25) is 0 Å². The standard InChI is InChI=1S/C14H26N2O4S.C2HF3O2/c1-15(2)8-12-7-14(20-9-12)10-16(5-6-19-11-14)21(17,18)13-3-4-13;3-2(4,5)1(6)7/h12-13H,3-11H2,1-2H3;(H,6,7). The fourth-order valence-electron chi connectivity index (χ4n) is 3.45. The predicted molar refractivity (Wildman–Crippen MR) is 93.4 cm³/mol. The van der Waals surface area contributed by atoms with Crippen LogP contribution in [0.5, 0.6) is 0 Å². The maximum atomic E-state index is 12.5. The first kappa shape index (κ1) is 23.3. The average molecular weight is 432 g/mol. The van der Waals surface area contributed by atoms with Crippen LogP contribution in [0.2, 0.25) is 0 Å². The van der Waals surface area contributed by atoms with Crippen LogP contribution in [-0.2, 0) is 24.3 Å². The lowest BCUT2D eigenvalue weighted by Crippen LogP contribution is -2.47. The Hall–Kier alpha value is -0.950. The number of rotatable bonds is 4. The van der Waals surface area contributed by atoms with Gasteiger partial charge >= 0.3 is 12.1 Å². The minimum atomic E-state index is -5.08. The number of carboxylic acids is 1. The monoisotopic (exact) mass is 432 g/mol. The molecule has 0 aromatic rings. The summed E-state index contributed by atoms with van der Waals surface area (Å²) in [6.45, 7) is 3.55. The van der Waals surface area contributed by atoms with E-state index in [4.69, 9.17) is 19.4 Å². The lowest BCUT2D eigenvalue weighted by atomic mass is 9.94. The van der Waals surface area contributed by atoms with E-state index in [1.807, 2.05) is 0 Å². The fraction of sp³-hybridized carbons (Fsp3) is 0.938. The third-order valence-electron chi connectivity index (χ3n) is 4.77. The molecule has 3 rings (SSSR count). The Labute approximate surface area is 162 Å². The van der Waals surface area contributed by atoms with Crippen LogP contribution in [0.3, 0.4) is 0 Å². The van der Waals surface area contributed by atoms with Gasteiger partial charge in [-0.1, -0.05) is 0 Å². The van der Waals surface area contributed by atoms with Gasteiger partial charge in [-0.05, 0) is 39.3 Å². The molecule has 1 N–H and O–H groups in total. The molecular weight excluding hydrogens is 405 g/mol. The molecule has 0 bridgehead atoms. The summed E-state index contributed by atoms with van der Waals surface area (Å²) in [6, 6.07) is 0. The zero-order valence-electron chi connectivity index (χ0n) is 15.9. The van der Waals surface area contributed by atoms with Crippen molar-refractivity contribution in [3.8, 4) is 0 Å². The molecule has 0 aromatic carbocycles. The normalized spacial score (nSPS) is 29.4. The molecule has 164 valence electrons. The topological polar surface area (TPSA) is 96.4 Å². The van der Waals surface area contributed by atoms with Gasteiger partial charge in [0.1, 0.15) is 5.60 Å². The van der Waals surface area contributed by atoms with Crippen molar-refractivity contribution in [1.82, 2.24) is 9.21 Å². The fourth-order valence-corrected chi connectivity index (χ4v) is 5.35. The van der Waals surface area contributed by atoms with Gasteiger partial charge < -0.3 is 19.5 Å². The van der Waals surface area contributed by atoms with Crippen LogP contribution < -0.4 is 0 Å². The number of sulfonamides is 1. The number of nitrogens with zero attached hydrogens (tertiary/aromatic N) is 2. The Bertz CT molecular complexity index is 653. The van der Waals surface area contributed by atoms with Crippen LogP contribution >= 0.6 is 0 Å². The van der Waals surface area contributed by atoms with Crippen LogP contribution in [0.25, 0.3) is 0 Å². The maximum Gasteiger partial charge on any atom is 0.490 e. The summed E-state index contributed by atoms with van der Waals surface area (Å²) in [5.41, 5.74) is -0.445. The molecule has 2 heterocycles. The number of ether oxygens (including phenoxy) is 2. The van der Waals surface area contributed by atoms with Gasteiger partial charge in [0.2, 0.25) is 10.0 Å². The number of hydrogen-bond donors (Lipinski definition) is 1. The van der Waals surface area contributed by atoms with E-state index in [2.05, 4.69) is 19.0 Å². The highest BCUT2D eigenvalue weighted by Gasteiger charge is 2.48. The highest BCUT2D eigenvalue weighted by Crippen LogP contribution is 2.37. The molecule has 2 unspecified atom stereocenters. The largest absolute Gasteiger partial charge is 0.490 e. The summed E-state index contributed by atoms with van der Waals surface area (Å²) >= 11 is 0. The lowest BCUT2D eigenvalue weighted by molar-refractivity contribution is -0.192. The van der Waals surface area contributed by atoms with Crippen molar-refractivity contribution in [2.75, 3.05) is 53.6 Å². The second kappa shape index (κ2) is 8.82. The van der Waals surface area contributed by atoms with Crippen LogP contribution in [0.4, 0.5) is 13.2 Å². The van der Waals surface area contributed by atoms with Gasteiger partial charge in [0.05, 0.1) is 25.1 Å². The molecule has 0 aromatic heterocycles. The first-order valence-electron chi connectivity index (χ1n) is 9.01. The molecule has 0 radical (unpaired) electrons. The minimum Gasteiger partial charge on any atom is -0.475 e. The van der Waals surface area contributed by atoms with Crippen LogP contribution in [0.15, 0.2) is 0 Å². The summed E-state index contributed by atoms with van der Waals surface area (Å²) in [6.07, 6.45) is -2.60. The van der Waals surface area contributed by atoms with Gasteiger partial charge in [-0.15, -0.1) is 0 Å². The first-order chi connectivity index (χ1) is 12.9. The molecule has 3 aliphatic rings. The molecule has 3 fully saturated rings. The Kier molecular flexibility index (Phi) is 7.35. The van der Waals surface area contributed by atoms with Gasteiger partial charge in [0.15, 0.2) is 0 Å². The van der Waals surface area contributed by atoms with Crippen molar-refractivity contribution < 1.29 is 41.0 Å². The zero-order valence-corrected chi connectivity index (χ0v) is 16.8. The Morgan fingerprint density at radius 1 is 1.32 bits per heavy atom. The van der Waals surface area contributed by atoms with Gasteiger partial charge in [-0.2, -0.15) is 17.5 Å². The molecule has 2 aliphatic heterocycles. The van der Waals surface area contributed by atoms with Crippen molar-refractivity contribution in [1.29, 1.82) is 0 Å². The second-order valence-corrected chi connectivity index (χ2v) is 9.97. The molecule has 1 aliphatic carbocycles. The number of carboxylic acid groups (broad SMARTS) is 1. The number of hydrogen-bond acceptors (Lipinski definition) is 6. The van der Waals surface area contributed by atoms with Crippen molar-refractivity contribution >= 4 is 16.0 Å². The second-order valence-electron chi connectivity index (χ2n) is 7.76. The number of aliphatic carboxylic acids is 1. The molecule has 0 amide bonds. The van der Waals surface area contributed by atoms with Crippen LogP contribution in [-0.4, -0.2) is 99.3 Å². The third-order valence-corrected chi connectivity index (χ3v) is 7.12. The number of halogens is 3. The van der Waals surface area contributed by atoms with E-state index in [9.17, 15) is 21.6 Å². The number of alkyl halides is 3. The van der Waals surface area contributed by atoms with Gasteiger partial charge in [0, 0.05) is 19.6 Å². The molecule has 1 spiro atoms. The highest BCUT2D eigenvalue weighted by atomic mass is 32.2. The Morgan fingerprint density at radius 2 is 1.93 bits per heavy atom. The summed E-state index contributed by atoms with van der Waals surface area (Å²) in [4.78, 5) is 11.1. The van der Waals surface area contributed by atoms with Crippen LogP contribution in [0.1, 0.15) is 19.3 Å². The predicted octanol–water partition coefficient (Wildman–Crippen LogP) is 0.781. The molecule has 1 saturated carbocycles. The average Bonchev–Trinajstić information content (AvgIpc) is 3.35. The molecule has 2 saturated heterocycles. The first-order valence-corrected chi connectivity index (χ1v) is 10.5. The minimum absolute atomic E-state index is 0.161. The maximum absolute atomic E-state index is 12.5. The van der Waals surface area contributed by atoms with Gasteiger partial charge in [0.25, 0.3) is 0 Å². The van der Waals surface area contributed by atoms with E-state index in [0.29, 0.717) is 38.8 Å². The summed E-state index contributed by atoms with van der Waals surface area (Å²) < 4.78 is 70.1. The molecule has 12 heteroatoms. The number of carbonyl (C=O) groups is 1. The van der Waals surface area contributed by atoms with Crippen LogP contribution in [0, 0.1) is 5.92 Å². The lowest BCUT2D eigenvalue weighted by Gasteiger charge is -2.30. The van der Waals surface area contributed by atoms with Crippen molar-refractivity contribution in [3.05, 3.63) is 0 Å². The van der Waals surface area contributed by atoms with E-state index < -0.39 is 27.8 Å². The third kappa shape index (κ3) is 6.28. The van der Waals surface area contributed by atoms with E-state index in [0.717, 1.165) is 25.8 Å². The van der Waals surface area contributed by atoms with E-state index >= 15 is 0 Å². The SMILES string of the molecule is CN(C)CC1COC2(COCCN(S(=O)(=O)C3CC3)C2)C1.O=C(O)C(F)(F)F. The van der Waals surface area contributed by atoms with E-state index in [1.165, 1.54) is 0 Å². The van der Waals surface area contributed by atoms with E-state index in [1.54, 1.807) is 4.31 Å². The highest BCUT2D eigenvalue weighted by molar-refractivity contribution is 7.90.